The molecule has 0 amide bonds. The maximum Gasteiger partial charge on any atom is 0.460 e. The number of hydrogen-bond donors (Lipinski definition) is 0. The number of rotatable bonds is 2. The van der Waals surface area contributed by atoms with E-state index in [9.17, 15) is 40.6 Å². The number of carbonyl (C=O) groups excluding carboxylic acids is 1. The van der Waals surface area contributed by atoms with Gasteiger partial charge in [-0.1, -0.05) is 0 Å². The summed E-state index contributed by atoms with van der Waals surface area (Å²) in [7, 11) is 8.50. The zero-order valence-electron chi connectivity index (χ0n) is 9.91. The smallest absolute Gasteiger partial charge is 0.460 e. The van der Waals surface area contributed by atoms with Crippen LogP contribution in [0.2, 0.25) is 0 Å². The fraction of sp³-hybridized carbons (Fsp3) is 0.875. The van der Waals surface area contributed by atoms with Crippen LogP contribution in [0.25, 0.3) is 0 Å². The average molecular weight is 287 g/mol. The number of nitrogens with zero attached hydrogens (tertiary/aromatic N) is 1. The van der Waals surface area contributed by atoms with Crippen LogP contribution in [0.3, 0.4) is 0 Å². The minimum absolute atomic E-state index is 1.00. The van der Waals surface area contributed by atoms with Crippen molar-refractivity contribution in [3.8, 4) is 0 Å². The number of hydrogen-bond acceptors (Lipinski definition) is 2. The predicted octanol–water partition coefficient (Wildman–Crippen LogP) is 0.892. The van der Waals surface area contributed by atoms with Crippen molar-refractivity contribution in [3.05, 3.63) is 0 Å². The van der Waals surface area contributed by atoms with Gasteiger partial charge < -0.3 is 14.4 Å². The summed E-state index contributed by atoms with van der Waals surface area (Å²) in [5.41, 5.74) is 0. The number of halogens is 7. The van der Waals surface area contributed by atoms with Gasteiger partial charge in [-0.2, -0.15) is 30.7 Å². The third kappa shape index (κ3) is 5.52. The summed E-state index contributed by atoms with van der Waals surface area (Å²) in [5, 5.41) is 9.27. The first-order chi connectivity index (χ1) is 7.44. The lowest BCUT2D eigenvalue weighted by Gasteiger charge is -2.28. The van der Waals surface area contributed by atoms with Gasteiger partial charge in [0.05, 0.1) is 28.2 Å². The molecule has 0 aromatic heterocycles. The van der Waals surface area contributed by atoms with Crippen LogP contribution in [-0.4, -0.2) is 56.7 Å². The van der Waals surface area contributed by atoms with Gasteiger partial charge in [-0.25, -0.2) is 0 Å². The second kappa shape index (κ2) is 5.29. The van der Waals surface area contributed by atoms with Crippen LogP contribution in [0.1, 0.15) is 0 Å². The predicted molar refractivity (Wildman–Crippen MR) is 44.9 cm³/mol. The summed E-state index contributed by atoms with van der Waals surface area (Å²) in [6, 6.07) is 0. The molecule has 0 atom stereocenters. The second-order valence-electron chi connectivity index (χ2n) is 4.62. The summed E-state index contributed by atoms with van der Waals surface area (Å²) in [5.74, 6) is -16.7. The van der Waals surface area contributed by atoms with Crippen molar-refractivity contribution >= 4 is 5.97 Å². The van der Waals surface area contributed by atoms with Crippen LogP contribution < -0.4 is 5.11 Å². The molecular formula is C8H12F7NO2. The Bertz CT molecular complexity index is 287. The van der Waals surface area contributed by atoms with E-state index in [1.54, 1.807) is 0 Å². The fourth-order valence-corrected chi connectivity index (χ4v) is 0.306. The van der Waals surface area contributed by atoms with Crippen molar-refractivity contribution < 1.29 is 45.1 Å². The van der Waals surface area contributed by atoms with Gasteiger partial charge in [0, 0.05) is 0 Å². The lowest BCUT2D eigenvalue weighted by atomic mass is 10.1. The van der Waals surface area contributed by atoms with Crippen LogP contribution in [-0.2, 0) is 4.79 Å². The van der Waals surface area contributed by atoms with Crippen LogP contribution >= 0.6 is 0 Å². The summed E-state index contributed by atoms with van der Waals surface area (Å²) < 4.78 is 81.2. The Hall–Kier alpha value is -1.06. The number of carboxylic acid groups (broad SMARTS) is 1. The molecule has 0 unspecified atom stereocenters. The van der Waals surface area contributed by atoms with Crippen LogP contribution in [0.4, 0.5) is 30.7 Å². The Morgan fingerprint density at radius 2 is 1.11 bits per heavy atom. The van der Waals surface area contributed by atoms with Crippen LogP contribution in [0, 0.1) is 0 Å². The van der Waals surface area contributed by atoms with Gasteiger partial charge in [0.1, 0.15) is 5.97 Å². The molecule has 0 spiro atoms. The molecule has 0 heterocycles. The molecule has 0 radical (unpaired) electrons. The van der Waals surface area contributed by atoms with Gasteiger partial charge in [0.25, 0.3) is 0 Å². The summed E-state index contributed by atoms with van der Waals surface area (Å²) >= 11 is 0. The quantitative estimate of drug-likeness (QED) is 0.559. The molecular weight excluding hydrogens is 275 g/mol. The first-order valence-electron chi connectivity index (χ1n) is 4.27. The SMILES string of the molecule is C[N+](C)(C)C.O=C([O-])C(F)(F)C(F)(F)C(F)(F)F. The standard InChI is InChI=1S/C4HF7O2.C4H12N/c5-2(6,1(12)13)3(7,8)4(9,10)11;1-5(2,3)4/h(H,12,13);1-4H3/q;+1/p-1. The molecule has 0 aliphatic heterocycles. The number of carboxylic acids is 1. The Morgan fingerprint density at radius 3 is 1.17 bits per heavy atom. The van der Waals surface area contributed by atoms with E-state index in [1.807, 2.05) is 0 Å². The van der Waals surface area contributed by atoms with Crippen molar-refractivity contribution in [2.24, 2.45) is 0 Å². The highest BCUT2D eigenvalue weighted by Crippen LogP contribution is 2.45. The minimum atomic E-state index is -6.64. The normalized spacial score (nSPS) is 13.7. The largest absolute Gasteiger partial charge is 0.544 e. The van der Waals surface area contributed by atoms with Crippen molar-refractivity contribution in [3.63, 3.8) is 0 Å². The molecule has 110 valence electrons. The molecule has 0 aromatic rings. The lowest BCUT2D eigenvalue weighted by molar-refractivity contribution is -0.849. The first-order valence-corrected chi connectivity index (χ1v) is 4.27. The number of alkyl halides is 7. The highest BCUT2D eigenvalue weighted by molar-refractivity contribution is 5.74. The topological polar surface area (TPSA) is 40.1 Å². The number of carbonyl (C=O) groups is 1. The van der Waals surface area contributed by atoms with Gasteiger partial charge in [0.2, 0.25) is 0 Å². The van der Waals surface area contributed by atoms with Crippen LogP contribution in [0.5, 0.6) is 0 Å². The fourth-order valence-electron chi connectivity index (χ4n) is 0.306. The number of quaternary nitrogens is 1. The summed E-state index contributed by atoms with van der Waals surface area (Å²) in [4.78, 5) is 9.27. The monoisotopic (exact) mass is 287 g/mol. The van der Waals surface area contributed by atoms with Gasteiger partial charge in [0.15, 0.2) is 0 Å². The second-order valence-corrected chi connectivity index (χ2v) is 4.62. The highest BCUT2D eigenvalue weighted by Gasteiger charge is 2.73. The van der Waals surface area contributed by atoms with E-state index in [-0.39, 0.29) is 0 Å². The van der Waals surface area contributed by atoms with Crippen LogP contribution in [0.15, 0.2) is 0 Å². The molecule has 3 nitrogen and oxygen atoms in total. The van der Waals surface area contributed by atoms with Crippen molar-refractivity contribution in [1.82, 2.24) is 0 Å². The summed E-state index contributed by atoms with van der Waals surface area (Å²) in [6.07, 6.45) is -6.64. The Balaban J connectivity index is 0. The molecule has 0 aromatic carbocycles. The molecule has 0 bridgehead atoms. The summed E-state index contributed by atoms with van der Waals surface area (Å²) in [6.45, 7) is 0. The molecule has 0 aliphatic carbocycles. The molecule has 0 saturated heterocycles. The van der Waals surface area contributed by atoms with Gasteiger partial charge in [-0.15, -0.1) is 0 Å². The molecule has 0 aliphatic rings. The highest BCUT2D eigenvalue weighted by atomic mass is 19.4. The Labute approximate surface area is 98.4 Å². The Kier molecular flexibility index (Phi) is 5.66. The van der Waals surface area contributed by atoms with E-state index in [2.05, 4.69) is 28.2 Å². The lowest BCUT2D eigenvalue weighted by Crippen LogP contribution is -2.60. The third-order valence-corrected chi connectivity index (χ3v) is 1.01. The molecule has 0 N–H and O–H groups in total. The van der Waals surface area contributed by atoms with Gasteiger partial charge >= 0.3 is 18.0 Å². The number of aliphatic carboxylic acids is 1. The maximum absolute atomic E-state index is 11.7. The zero-order valence-corrected chi connectivity index (χ0v) is 9.91. The van der Waals surface area contributed by atoms with E-state index in [4.69, 9.17) is 0 Å². The van der Waals surface area contributed by atoms with E-state index in [0.717, 1.165) is 4.48 Å². The Morgan fingerprint density at radius 1 is 0.889 bits per heavy atom. The van der Waals surface area contributed by atoms with Crippen molar-refractivity contribution in [2.75, 3.05) is 28.2 Å². The van der Waals surface area contributed by atoms with Gasteiger partial charge in [-0.05, 0) is 0 Å². The van der Waals surface area contributed by atoms with E-state index in [0.29, 0.717) is 0 Å². The zero-order chi connectivity index (χ0) is 15.6. The molecule has 0 fully saturated rings. The first kappa shape index (κ1) is 19.3. The van der Waals surface area contributed by atoms with E-state index in [1.165, 1.54) is 0 Å². The molecule has 18 heavy (non-hydrogen) atoms. The molecule has 10 heteroatoms. The third-order valence-electron chi connectivity index (χ3n) is 1.01. The minimum Gasteiger partial charge on any atom is -0.544 e. The maximum atomic E-state index is 11.7. The molecule has 0 rings (SSSR count). The van der Waals surface area contributed by atoms with Crippen molar-refractivity contribution in [1.29, 1.82) is 0 Å². The van der Waals surface area contributed by atoms with Gasteiger partial charge in [-0.3, -0.25) is 0 Å². The van der Waals surface area contributed by atoms with E-state index < -0.39 is 24.0 Å². The van der Waals surface area contributed by atoms with E-state index >= 15 is 0 Å². The molecule has 0 saturated carbocycles. The average Bonchev–Trinajstić information content (AvgIpc) is 1.97. The van der Waals surface area contributed by atoms with Crippen molar-refractivity contribution in [2.45, 2.75) is 18.0 Å².